The van der Waals surface area contributed by atoms with Gasteiger partial charge < -0.3 is 10.1 Å². The van der Waals surface area contributed by atoms with Gasteiger partial charge in [0.2, 0.25) is 0 Å². The largest absolute Gasteiger partial charge is 0.471 e. The molecule has 0 amide bonds. The van der Waals surface area contributed by atoms with Gasteiger partial charge in [0.1, 0.15) is 0 Å². The molecule has 0 spiro atoms. The van der Waals surface area contributed by atoms with Crippen LogP contribution in [0.3, 0.4) is 0 Å². The van der Waals surface area contributed by atoms with Crippen LogP contribution in [0.15, 0.2) is 30.3 Å². The lowest BCUT2D eigenvalue weighted by molar-refractivity contribution is 0.300. The molecular formula is C12H17NOS. The van der Waals surface area contributed by atoms with Gasteiger partial charge in [0.25, 0.3) is 5.17 Å². The van der Waals surface area contributed by atoms with E-state index in [2.05, 4.69) is 31.3 Å². The monoisotopic (exact) mass is 223 g/mol. The van der Waals surface area contributed by atoms with Crippen molar-refractivity contribution in [3.05, 3.63) is 35.9 Å². The lowest BCUT2D eigenvalue weighted by atomic mass is 9.95. The molecule has 0 bridgehead atoms. The van der Waals surface area contributed by atoms with Crippen LogP contribution in [0.1, 0.15) is 26.3 Å². The first-order valence-corrected chi connectivity index (χ1v) is 5.47. The first-order valence-electron chi connectivity index (χ1n) is 5.06. The quantitative estimate of drug-likeness (QED) is 0.796. The summed E-state index contributed by atoms with van der Waals surface area (Å²) in [6, 6.07) is 10.2. The van der Waals surface area contributed by atoms with Gasteiger partial charge in [-0.3, -0.25) is 0 Å². The van der Waals surface area contributed by atoms with Crippen molar-refractivity contribution < 1.29 is 4.74 Å². The normalized spacial score (nSPS) is 10.9. The molecule has 1 N–H and O–H groups in total. The van der Waals surface area contributed by atoms with Gasteiger partial charge in [-0.2, -0.15) is 0 Å². The Kier molecular flexibility index (Phi) is 4.09. The number of hydrogen-bond acceptors (Lipinski definition) is 2. The molecule has 15 heavy (non-hydrogen) atoms. The van der Waals surface area contributed by atoms with Crippen molar-refractivity contribution in [2.45, 2.75) is 26.3 Å². The van der Waals surface area contributed by atoms with E-state index < -0.39 is 0 Å². The molecular weight excluding hydrogens is 206 g/mol. The predicted octanol–water partition coefficient (Wildman–Crippen LogP) is 2.83. The third-order valence-corrected chi connectivity index (χ3v) is 2.41. The van der Waals surface area contributed by atoms with E-state index in [0.29, 0.717) is 11.8 Å². The van der Waals surface area contributed by atoms with E-state index in [1.54, 1.807) is 0 Å². The maximum atomic E-state index is 5.22. The van der Waals surface area contributed by atoms with E-state index in [-0.39, 0.29) is 5.54 Å². The maximum absolute atomic E-state index is 5.22. The fraction of sp³-hybridized carbons (Fsp3) is 0.417. The van der Waals surface area contributed by atoms with Crippen molar-refractivity contribution in [1.82, 2.24) is 5.32 Å². The highest BCUT2D eigenvalue weighted by Gasteiger charge is 2.21. The van der Waals surface area contributed by atoms with E-state index in [4.69, 9.17) is 17.0 Å². The standard InChI is InChI=1S/C12H17NOS/c1-4-14-11(15)13-12(2,3)10-8-6-5-7-9-10/h5-9H,4H2,1-3H3,(H,13,15). The zero-order valence-electron chi connectivity index (χ0n) is 9.41. The molecule has 0 aliphatic carbocycles. The van der Waals surface area contributed by atoms with Crippen molar-refractivity contribution in [1.29, 1.82) is 0 Å². The first-order chi connectivity index (χ1) is 7.06. The molecule has 0 atom stereocenters. The SMILES string of the molecule is CCOC(=S)NC(C)(C)c1ccccc1. The highest BCUT2D eigenvalue weighted by atomic mass is 32.1. The van der Waals surface area contributed by atoms with Crippen LogP contribution >= 0.6 is 12.2 Å². The minimum absolute atomic E-state index is 0.201. The second kappa shape index (κ2) is 5.12. The van der Waals surface area contributed by atoms with Gasteiger partial charge in [-0.05, 0) is 38.6 Å². The van der Waals surface area contributed by atoms with Gasteiger partial charge >= 0.3 is 0 Å². The Hall–Kier alpha value is -1.09. The molecule has 82 valence electrons. The average Bonchev–Trinajstić information content (AvgIpc) is 2.18. The van der Waals surface area contributed by atoms with Gasteiger partial charge in [-0.25, -0.2) is 0 Å². The molecule has 0 unspecified atom stereocenters. The fourth-order valence-electron chi connectivity index (χ4n) is 1.35. The summed E-state index contributed by atoms with van der Waals surface area (Å²) < 4.78 is 5.22. The number of nitrogens with one attached hydrogen (secondary N) is 1. The van der Waals surface area contributed by atoms with Gasteiger partial charge in [-0.1, -0.05) is 30.3 Å². The second-order valence-electron chi connectivity index (χ2n) is 3.84. The summed E-state index contributed by atoms with van der Waals surface area (Å²) in [4.78, 5) is 0. The minimum Gasteiger partial charge on any atom is -0.471 e. The van der Waals surface area contributed by atoms with Crippen LogP contribution in [0.2, 0.25) is 0 Å². The minimum atomic E-state index is -0.201. The van der Waals surface area contributed by atoms with Gasteiger partial charge in [-0.15, -0.1) is 0 Å². The van der Waals surface area contributed by atoms with E-state index >= 15 is 0 Å². The Bertz CT molecular complexity index is 322. The fourth-order valence-corrected chi connectivity index (χ4v) is 1.72. The lowest BCUT2D eigenvalue weighted by Crippen LogP contribution is -2.41. The number of benzene rings is 1. The van der Waals surface area contributed by atoms with E-state index in [9.17, 15) is 0 Å². The van der Waals surface area contributed by atoms with Crippen LogP contribution in [-0.4, -0.2) is 11.8 Å². The van der Waals surface area contributed by atoms with Crippen LogP contribution in [0.4, 0.5) is 0 Å². The van der Waals surface area contributed by atoms with Crippen molar-refractivity contribution in [2.24, 2.45) is 0 Å². The Balaban J connectivity index is 2.71. The maximum Gasteiger partial charge on any atom is 0.257 e. The summed E-state index contributed by atoms with van der Waals surface area (Å²) in [7, 11) is 0. The molecule has 1 aromatic rings. The third kappa shape index (κ3) is 3.51. The molecule has 2 nitrogen and oxygen atoms in total. The Morgan fingerprint density at radius 2 is 1.93 bits per heavy atom. The second-order valence-corrected chi connectivity index (χ2v) is 4.21. The number of ether oxygens (including phenoxy) is 1. The molecule has 0 aromatic heterocycles. The molecule has 1 rings (SSSR count). The zero-order valence-corrected chi connectivity index (χ0v) is 10.2. The summed E-state index contributed by atoms with van der Waals surface area (Å²) in [5, 5.41) is 3.63. The lowest BCUT2D eigenvalue weighted by Gasteiger charge is -2.27. The van der Waals surface area contributed by atoms with Crippen LogP contribution in [0.25, 0.3) is 0 Å². The topological polar surface area (TPSA) is 21.3 Å². The van der Waals surface area contributed by atoms with Gasteiger partial charge in [0, 0.05) is 0 Å². The summed E-state index contributed by atoms with van der Waals surface area (Å²) in [5.41, 5.74) is 0.986. The Labute approximate surface area is 96.6 Å². The summed E-state index contributed by atoms with van der Waals surface area (Å²) >= 11 is 5.07. The number of hydrogen-bond donors (Lipinski definition) is 1. The van der Waals surface area contributed by atoms with E-state index in [1.165, 1.54) is 5.56 Å². The molecule has 0 fully saturated rings. The highest BCUT2D eigenvalue weighted by molar-refractivity contribution is 7.80. The Morgan fingerprint density at radius 3 is 2.47 bits per heavy atom. The first kappa shape index (κ1) is 12.0. The summed E-state index contributed by atoms with van der Waals surface area (Å²) in [6.07, 6.45) is 0. The van der Waals surface area contributed by atoms with E-state index in [0.717, 1.165) is 0 Å². The molecule has 0 heterocycles. The van der Waals surface area contributed by atoms with Crippen molar-refractivity contribution in [3.63, 3.8) is 0 Å². The van der Waals surface area contributed by atoms with Crippen LogP contribution in [-0.2, 0) is 10.3 Å². The van der Waals surface area contributed by atoms with E-state index in [1.807, 2.05) is 25.1 Å². The molecule has 0 saturated carbocycles. The van der Waals surface area contributed by atoms with Crippen LogP contribution in [0, 0.1) is 0 Å². The summed E-state index contributed by atoms with van der Waals surface area (Å²) in [6.45, 7) is 6.67. The van der Waals surface area contributed by atoms with Crippen LogP contribution in [0.5, 0.6) is 0 Å². The van der Waals surface area contributed by atoms with Crippen molar-refractivity contribution in [2.75, 3.05) is 6.61 Å². The van der Waals surface area contributed by atoms with Gasteiger partial charge in [0.15, 0.2) is 0 Å². The smallest absolute Gasteiger partial charge is 0.257 e. The molecule has 1 aromatic carbocycles. The molecule has 0 radical (unpaired) electrons. The van der Waals surface area contributed by atoms with Gasteiger partial charge in [0.05, 0.1) is 12.1 Å². The highest BCUT2D eigenvalue weighted by Crippen LogP contribution is 2.19. The molecule has 0 aliphatic rings. The number of rotatable bonds is 3. The number of thiocarbonyl (C=S) groups is 1. The molecule has 3 heteroatoms. The Morgan fingerprint density at radius 1 is 1.33 bits per heavy atom. The van der Waals surface area contributed by atoms with Crippen molar-refractivity contribution in [3.8, 4) is 0 Å². The van der Waals surface area contributed by atoms with Crippen molar-refractivity contribution >= 4 is 17.4 Å². The molecule has 0 aliphatic heterocycles. The van der Waals surface area contributed by atoms with Crippen LogP contribution < -0.4 is 5.32 Å². The predicted molar refractivity (Wildman–Crippen MR) is 66.8 cm³/mol. The summed E-state index contributed by atoms with van der Waals surface area (Å²) in [5.74, 6) is 0. The average molecular weight is 223 g/mol. The zero-order chi connectivity index (χ0) is 11.3. The third-order valence-electron chi connectivity index (χ3n) is 2.19. The molecule has 0 saturated heterocycles.